The highest BCUT2D eigenvalue weighted by atomic mass is 35.5. The van der Waals surface area contributed by atoms with Crippen molar-refractivity contribution in [2.75, 3.05) is 6.61 Å². The molecule has 1 fully saturated rings. The van der Waals surface area contributed by atoms with Crippen molar-refractivity contribution in [1.29, 1.82) is 0 Å². The van der Waals surface area contributed by atoms with Crippen LogP contribution >= 0.6 is 23.4 Å². The topological polar surface area (TPSA) is 99.0 Å². The van der Waals surface area contributed by atoms with E-state index in [-0.39, 0.29) is 30.0 Å². The van der Waals surface area contributed by atoms with Crippen LogP contribution in [0.3, 0.4) is 0 Å². The summed E-state index contributed by atoms with van der Waals surface area (Å²) < 4.78 is 11.9. The van der Waals surface area contributed by atoms with E-state index in [0.29, 0.717) is 45.6 Å². The molecule has 1 aliphatic rings. The summed E-state index contributed by atoms with van der Waals surface area (Å²) in [5.74, 6) is 0.555. The number of benzene rings is 3. The molecule has 8 nitrogen and oxygen atoms in total. The maximum absolute atomic E-state index is 13.1. The lowest BCUT2D eigenvalue weighted by molar-refractivity contribution is -0.384. The predicted octanol–water partition coefficient (Wildman–Crippen LogP) is 7.19. The van der Waals surface area contributed by atoms with Crippen LogP contribution in [0.5, 0.6) is 11.5 Å². The first-order valence-corrected chi connectivity index (χ1v) is 13.2. The van der Waals surface area contributed by atoms with Gasteiger partial charge in [0.1, 0.15) is 6.61 Å². The van der Waals surface area contributed by atoms with Gasteiger partial charge in [0.15, 0.2) is 11.5 Å². The van der Waals surface area contributed by atoms with Crippen molar-refractivity contribution in [3.05, 3.63) is 116 Å². The third-order valence-corrected chi connectivity index (χ3v) is 6.91. The number of hydrogen-bond acceptors (Lipinski definition) is 7. The van der Waals surface area contributed by atoms with Crippen molar-refractivity contribution in [3.63, 3.8) is 0 Å². The molecule has 10 heteroatoms. The second kappa shape index (κ2) is 12.6. The van der Waals surface area contributed by atoms with Gasteiger partial charge in [0, 0.05) is 22.7 Å². The van der Waals surface area contributed by atoms with Crippen LogP contribution in [0, 0.1) is 10.1 Å². The molecule has 1 saturated heterocycles. The van der Waals surface area contributed by atoms with E-state index in [2.05, 4.69) is 6.58 Å². The molecule has 3 aromatic rings. The Morgan fingerprint density at radius 2 is 1.85 bits per heavy atom. The monoisotopic (exact) mass is 564 g/mol. The van der Waals surface area contributed by atoms with Crippen LogP contribution in [0.2, 0.25) is 5.02 Å². The molecule has 0 N–H and O–H groups in total. The third kappa shape index (κ3) is 6.87. The van der Waals surface area contributed by atoms with Gasteiger partial charge < -0.3 is 9.47 Å². The molecule has 39 heavy (non-hydrogen) atoms. The Morgan fingerprint density at radius 1 is 1.08 bits per heavy atom. The number of halogens is 1. The SMILES string of the molecule is C=CCc1cc(/C=C2/SC(=O)N(Cc3ccc(Cl)cc3)C2=O)cc(OCC)c1OCc1cccc([N+](=O)[O-])c1. The molecule has 1 aliphatic heterocycles. The quantitative estimate of drug-likeness (QED) is 0.105. The fourth-order valence-corrected chi connectivity index (χ4v) is 4.94. The lowest BCUT2D eigenvalue weighted by Crippen LogP contribution is -2.27. The molecule has 3 aromatic carbocycles. The Labute approximate surface area is 235 Å². The molecule has 2 amide bonds. The zero-order chi connectivity index (χ0) is 27.9. The minimum absolute atomic E-state index is 0.0206. The Hall–Kier alpha value is -4.08. The molecule has 0 spiro atoms. The summed E-state index contributed by atoms with van der Waals surface area (Å²) in [7, 11) is 0. The molecule has 200 valence electrons. The highest BCUT2D eigenvalue weighted by molar-refractivity contribution is 8.18. The molecule has 0 aromatic heterocycles. The van der Waals surface area contributed by atoms with Gasteiger partial charge in [-0.15, -0.1) is 6.58 Å². The van der Waals surface area contributed by atoms with Crippen LogP contribution in [-0.4, -0.2) is 27.6 Å². The molecule has 4 rings (SSSR count). The number of hydrogen-bond donors (Lipinski definition) is 0. The molecule has 0 bridgehead atoms. The van der Waals surface area contributed by atoms with Gasteiger partial charge >= 0.3 is 0 Å². The van der Waals surface area contributed by atoms with Gasteiger partial charge in [-0.3, -0.25) is 24.6 Å². The first-order valence-electron chi connectivity index (χ1n) is 12.1. The van der Waals surface area contributed by atoms with Crippen LogP contribution in [0.15, 0.2) is 78.2 Å². The number of non-ortho nitro benzene ring substituents is 1. The zero-order valence-electron chi connectivity index (χ0n) is 21.1. The maximum atomic E-state index is 13.1. The fourth-order valence-electron chi connectivity index (χ4n) is 3.98. The van der Waals surface area contributed by atoms with E-state index in [1.165, 1.54) is 17.0 Å². The van der Waals surface area contributed by atoms with Gasteiger partial charge in [0.05, 0.1) is 23.0 Å². The highest BCUT2D eigenvalue weighted by Gasteiger charge is 2.35. The smallest absolute Gasteiger partial charge is 0.293 e. The number of thioether (sulfide) groups is 1. The second-order valence-electron chi connectivity index (χ2n) is 8.54. The summed E-state index contributed by atoms with van der Waals surface area (Å²) in [5.41, 5.74) is 2.82. The largest absolute Gasteiger partial charge is 0.490 e. The van der Waals surface area contributed by atoms with Crippen molar-refractivity contribution >= 4 is 46.3 Å². The number of carbonyl (C=O) groups excluding carboxylic acids is 2. The average Bonchev–Trinajstić information content (AvgIpc) is 3.17. The Kier molecular flexibility index (Phi) is 9.06. The number of carbonyl (C=O) groups is 2. The standard InChI is InChI=1S/C29H25ClN2O6S/c1-3-6-22-13-21(16-26-28(33)31(29(34)39-26)17-19-9-11-23(30)12-10-19)15-25(37-4-2)27(22)38-18-20-7-5-8-24(14-20)32(35)36/h3,5,7-16H,1,4,6,17-18H2,2H3/b26-16+. The molecule has 0 radical (unpaired) electrons. The van der Waals surface area contributed by atoms with E-state index in [0.717, 1.165) is 22.9 Å². The highest BCUT2D eigenvalue weighted by Crippen LogP contribution is 2.38. The molecule has 1 heterocycles. The normalized spacial score (nSPS) is 14.1. The number of rotatable bonds is 11. The van der Waals surface area contributed by atoms with Crippen LogP contribution < -0.4 is 9.47 Å². The minimum Gasteiger partial charge on any atom is -0.490 e. The van der Waals surface area contributed by atoms with Crippen molar-refractivity contribution in [2.45, 2.75) is 26.5 Å². The first kappa shape index (κ1) is 27.9. The van der Waals surface area contributed by atoms with Crippen molar-refractivity contribution in [1.82, 2.24) is 4.90 Å². The number of nitrogens with zero attached hydrogens (tertiary/aromatic N) is 2. The van der Waals surface area contributed by atoms with Crippen molar-refractivity contribution < 1.29 is 24.0 Å². The predicted molar refractivity (Wildman–Crippen MR) is 152 cm³/mol. The molecule has 0 aliphatic carbocycles. The van der Waals surface area contributed by atoms with Crippen LogP contribution in [0.25, 0.3) is 6.08 Å². The van der Waals surface area contributed by atoms with Gasteiger partial charge in [-0.25, -0.2) is 0 Å². The number of ether oxygens (including phenoxy) is 2. The van der Waals surface area contributed by atoms with Crippen LogP contribution in [0.4, 0.5) is 10.5 Å². The Balaban J connectivity index is 1.61. The molecule has 0 atom stereocenters. The first-order chi connectivity index (χ1) is 18.8. The summed E-state index contributed by atoms with van der Waals surface area (Å²) >= 11 is 6.82. The number of imide groups is 1. The fraction of sp³-hybridized carbons (Fsp3) is 0.172. The van der Waals surface area contributed by atoms with E-state index < -0.39 is 4.92 Å². The Bertz CT molecular complexity index is 1450. The van der Waals surface area contributed by atoms with E-state index in [4.69, 9.17) is 21.1 Å². The number of amides is 2. The lowest BCUT2D eigenvalue weighted by Gasteiger charge is -2.17. The van der Waals surface area contributed by atoms with E-state index in [1.807, 2.05) is 13.0 Å². The van der Waals surface area contributed by atoms with Gasteiger partial charge in [-0.2, -0.15) is 0 Å². The third-order valence-electron chi connectivity index (χ3n) is 5.75. The maximum Gasteiger partial charge on any atom is 0.293 e. The summed E-state index contributed by atoms with van der Waals surface area (Å²) in [6, 6.07) is 16.8. The number of nitro benzene ring substituents is 1. The van der Waals surface area contributed by atoms with Gasteiger partial charge in [-0.05, 0) is 72.1 Å². The number of nitro groups is 1. The van der Waals surface area contributed by atoms with Crippen LogP contribution in [0.1, 0.15) is 29.2 Å². The van der Waals surface area contributed by atoms with Gasteiger partial charge in [0.2, 0.25) is 0 Å². The average molecular weight is 565 g/mol. The Morgan fingerprint density at radius 3 is 2.54 bits per heavy atom. The lowest BCUT2D eigenvalue weighted by atomic mass is 10.0. The summed E-state index contributed by atoms with van der Waals surface area (Å²) in [5, 5.41) is 11.3. The van der Waals surface area contributed by atoms with Gasteiger partial charge in [0.25, 0.3) is 16.8 Å². The van der Waals surface area contributed by atoms with Crippen molar-refractivity contribution in [2.24, 2.45) is 0 Å². The molecular formula is C29H25ClN2O6S. The summed E-state index contributed by atoms with van der Waals surface area (Å²) in [6.45, 7) is 6.27. The zero-order valence-corrected chi connectivity index (χ0v) is 22.7. The minimum atomic E-state index is -0.454. The summed E-state index contributed by atoms with van der Waals surface area (Å²) in [4.78, 5) is 37.9. The second-order valence-corrected chi connectivity index (χ2v) is 9.97. The van der Waals surface area contributed by atoms with E-state index in [1.54, 1.807) is 54.6 Å². The molecular weight excluding hydrogens is 540 g/mol. The number of allylic oxidation sites excluding steroid dienone is 1. The van der Waals surface area contributed by atoms with Crippen LogP contribution in [-0.2, 0) is 24.4 Å². The van der Waals surface area contributed by atoms with Crippen molar-refractivity contribution in [3.8, 4) is 11.5 Å². The van der Waals surface area contributed by atoms with E-state index >= 15 is 0 Å². The molecule has 0 unspecified atom stereocenters. The summed E-state index contributed by atoms with van der Waals surface area (Å²) in [6.07, 6.45) is 3.82. The van der Waals surface area contributed by atoms with Gasteiger partial charge in [-0.1, -0.05) is 41.9 Å². The van der Waals surface area contributed by atoms with E-state index in [9.17, 15) is 19.7 Å². The molecule has 0 saturated carbocycles.